The molecule has 1 amide bonds. The van der Waals surface area contributed by atoms with Crippen molar-refractivity contribution in [3.8, 4) is 0 Å². The second kappa shape index (κ2) is 53.5. The van der Waals surface area contributed by atoms with Gasteiger partial charge in [0, 0.05) is 6.42 Å². The smallest absolute Gasteiger partial charge is 0.220 e. The maximum atomic E-state index is 12.5. The average molecular weight is 861 g/mol. The van der Waals surface area contributed by atoms with Crippen LogP contribution in [0.25, 0.3) is 0 Å². The zero-order valence-electron chi connectivity index (χ0n) is 42.0. The largest absolute Gasteiger partial charge is 0.394 e. The molecule has 0 fully saturated rings. The Morgan fingerprint density at radius 2 is 0.623 bits per heavy atom. The highest BCUT2D eigenvalue weighted by atomic mass is 16.3. The minimum atomic E-state index is -0.656. The molecule has 3 N–H and O–H groups in total. The van der Waals surface area contributed by atoms with Crippen molar-refractivity contribution < 1.29 is 15.0 Å². The third-order valence-corrected chi connectivity index (χ3v) is 13.5. The molecular weight excluding hydrogens is 747 g/mol. The molecule has 0 rings (SSSR count). The molecular formula is C57H113NO3. The highest BCUT2D eigenvalue weighted by Gasteiger charge is 2.20. The van der Waals surface area contributed by atoms with Crippen molar-refractivity contribution >= 4 is 5.91 Å². The van der Waals surface area contributed by atoms with Crippen LogP contribution in [0.15, 0.2) is 12.2 Å². The molecule has 0 aliphatic rings. The summed E-state index contributed by atoms with van der Waals surface area (Å²) in [5.41, 5.74) is 0. The predicted molar refractivity (Wildman–Crippen MR) is 272 cm³/mol. The first-order valence-corrected chi connectivity index (χ1v) is 28.4. The van der Waals surface area contributed by atoms with E-state index >= 15 is 0 Å². The minimum Gasteiger partial charge on any atom is -0.394 e. The number of carbonyl (C=O) groups is 1. The number of aliphatic hydroxyl groups excluding tert-OH is 2. The van der Waals surface area contributed by atoms with Crippen LogP contribution in [0.5, 0.6) is 0 Å². The van der Waals surface area contributed by atoms with Crippen LogP contribution in [-0.4, -0.2) is 34.9 Å². The Labute approximate surface area is 384 Å². The van der Waals surface area contributed by atoms with Crippen LogP contribution in [0, 0.1) is 0 Å². The number of carbonyl (C=O) groups excluding carboxylic acids is 1. The monoisotopic (exact) mass is 860 g/mol. The van der Waals surface area contributed by atoms with Crippen molar-refractivity contribution in [2.45, 2.75) is 341 Å². The number of amides is 1. The fourth-order valence-corrected chi connectivity index (χ4v) is 9.18. The van der Waals surface area contributed by atoms with Crippen LogP contribution in [0.3, 0.4) is 0 Å². The average Bonchev–Trinajstić information content (AvgIpc) is 3.26. The fraction of sp³-hybridized carbons (Fsp3) is 0.947. The molecule has 2 unspecified atom stereocenters. The van der Waals surface area contributed by atoms with Crippen molar-refractivity contribution in [2.75, 3.05) is 6.61 Å². The van der Waals surface area contributed by atoms with E-state index in [-0.39, 0.29) is 12.5 Å². The van der Waals surface area contributed by atoms with E-state index in [0.29, 0.717) is 12.8 Å². The number of rotatable bonds is 53. The van der Waals surface area contributed by atoms with E-state index in [4.69, 9.17) is 0 Å². The van der Waals surface area contributed by atoms with E-state index in [0.717, 1.165) is 25.7 Å². The number of nitrogens with one attached hydrogen (secondary N) is 1. The van der Waals surface area contributed by atoms with Gasteiger partial charge in [0.1, 0.15) is 0 Å². The van der Waals surface area contributed by atoms with E-state index in [9.17, 15) is 15.0 Å². The van der Waals surface area contributed by atoms with E-state index in [1.54, 1.807) is 0 Å². The van der Waals surface area contributed by atoms with Crippen LogP contribution < -0.4 is 5.32 Å². The quantitative estimate of drug-likeness (QED) is 0.0421. The zero-order chi connectivity index (χ0) is 44.2. The van der Waals surface area contributed by atoms with Crippen LogP contribution in [0.2, 0.25) is 0 Å². The third-order valence-electron chi connectivity index (χ3n) is 13.5. The standard InChI is InChI=1S/C57H113NO3/c1-3-5-7-9-11-13-15-17-19-21-22-23-24-25-26-27-28-29-30-31-32-33-34-35-37-39-41-43-45-47-49-51-53-57(61)58-55(54-59)56(60)52-50-48-46-44-42-40-38-36-20-18-16-14-12-10-8-6-4-2/h25-26,55-56,59-60H,3-24,27-54H2,1-2H3,(H,58,61)/b26-25-. The molecule has 0 aromatic carbocycles. The summed E-state index contributed by atoms with van der Waals surface area (Å²) in [7, 11) is 0. The van der Waals surface area contributed by atoms with Gasteiger partial charge >= 0.3 is 0 Å². The van der Waals surface area contributed by atoms with Gasteiger partial charge in [0.2, 0.25) is 5.91 Å². The van der Waals surface area contributed by atoms with Gasteiger partial charge in [0.25, 0.3) is 0 Å². The van der Waals surface area contributed by atoms with E-state index in [2.05, 4.69) is 31.3 Å². The number of unbranched alkanes of at least 4 members (excludes halogenated alkanes) is 44. The van der Waals surface area contributed by atoms with Gasteiger partial charge < -0.3 is 15.5 Å². The predicted octanol–water partition coefficient (Wildman–Crippen LogP) is 18.5. The minimum absolute atomic E-state index is 0.0245. The van der Waals surface area contributed by atoms with Gasteiger partial charge in [0.15, 0.2) is 0 Å². The van der Waals surface area contributed by atoms with Gasteiger partial charge in [-0.05, 0) is 38.5 Å². The molecule has 0 aromatic rings. The summed E-state index contributed by atoms with van der Waals surface area (Å²) < 4.78 is 0. The highest BCUT2D eigenvalue weighted by Crippen LogP contribution is 2.18. The van der Waals surface area contributed by atoms with Crippen LogP contribution in [-0.2, 0) is 4.79 Å². The molecule has 0 saturated heterocycles. The number of allylic oxidation sites excluding steroid dienone is 2. The lowest BCUT2D eigenvalue weighted by atomic mass is 10.0. The normalized spacial score (nSPS) is 12.8. The summed E-state index contributed by atoms with van der Waals surface area (Å²) in [5, 5.41) is 23.3. The van der Waals surface area contributed by atoms with Crippen molar-refractivity contribution in [1.29, 1.82) is 0 Å². The summed E-state index contributed by atoms with van der Waals surface area (Å²) in [6.07, 6.45) is 69.2. The lowest BCUT2D eigenvalue weighted by molar-refractivity contribution is -0.123. The molecule has 4 heteroatoms. The van der Waals surface area contributed by atoms with Gasteiger partial charge in [-0.15, -0.1) is 0 Å². The Balaban J connectivity index is 3.39. The topological polar surface area (TPSA) is 69.6 Å². The number of hydrogen-bond donors (Lipinski definition) is 3. The Kier molecular flexibility index (Phi) is 52.7. The van der Waals surface area contributed by atoms with Crippen molar-refractivity contribution in [3.63, 3.8) is 0 Å². The first-order chi connectivity index (χ1) is 30.2. The second-order valence-corrected chi connectivity index (χ2v) is 19.7. The maximum absolute atomic E-state index is 12.5. The van der Waals surface area contributed by atoms with Crippen molar-refractivity contribution in [3.05, 3.63) is 12.2 Å². The van der Waals surface area contributed by atoms with Crippen LogP contribution in [0.4, 0.5) is 0 Å². The fourth-order valence-electron chi connectivity index (χ4n) is 9.18. The molecule has 0 heterocycles. The molecule has 0 radical (unpaired) electrons. The van der Waals surface area contributed by atoms with Gasteiger partial charge in [-0.2, -0.15) is 0 Å². The number of hydrogen-bond acceptors (Lipinski definition) is 3. The Morgan fingerprint density at radius 1 is 0.377 bits per heavy atom. The van der Waals surface area contributed by atoms with Gasteiger partial charge in [0.05, 0.1) is 18.8 Å². The molecule has 2 atom stereocenters. The summed E-state index contributed by atoms with van der Waals surface area (Å²) in [5.74, 6) is -0.0245. The van der Waals surface area contributed by atoms with Crippen LogP contribution >= 0.6 is 0 Å². The molecule has 4 nitrogen and oxygen atoms in total. The Morgan fingerprint density at radius 3 is 0.902 bits per heavy atom. The van der Waals surface area contributed by atoms with Crippen molar-refractivity contribution in [1.82, 2.24) is 5.32 Å². The Hall–Kier alpha value is -0.870. The number of aliphatic hydroxyl groups is 2. The lowest BCUT2D eigenvalue weighted by Gasteiger charge is -2.22. The van der Waals surface area contributed by atoms with E-state index in [1.165, 1.54) is 276 Å². The second-order valence-electron chi connectivity index (χ2n) is 19.7. The third kappa shape index (κ3) is 50.0. The molecule has 0 saturated carbocycles. The SMILES string of the molecule is CCCCCCCCCCCCCC/C=C\CCCCCCCCCCCCCCCCCCC(=O)NC(CO)C(O)CCCCCCCCCCCCCCCCCCC. The first-order valence-electron chi connectivity index (χ1n) is 28.4. The van der Waals surface area contributed by atoms with E-state index < -0.39 is 12.1 Å². The molecule has 61 heavy (non-hydrogen) atoms. The summed E-state index contributed by atoms with van der Waals surface area (Å²) in [6, 6.07) is -0.533. The summed E-state index contributed by atoms with van der Waals surface area (Å²) >= 11 is 0. The molecule has 0 bridgehead atoms. The van der Waals surface area contributed by atoms with Gasteiger partial charge in [-0.25, -0.2) is 0 Å². The molecule has 0 aromatic heterocycles. The molecule has 364 valence electrons. The van der Waals surface area contributed by atoms with Gasteiger partial charge in [-0.1, -0.05) is 296 Å². The van der Waals surface area contributed by atoms with Gasteiger partial charge in [-0.3, -0.25) is 4.79 Å². The maximum Gasteiger partial charge on any atom is 0.220 e. The molecule has 0 spiro atoms. The van der Waals surface area contributed by atoms with Crippen LogP contribution in [0.1, 0.15) is 328 Å². The summed E-state index contributed by atoms with van der Waals surface area (Å²) in [6.45, 7) is 4.40. The lowest BCUT2D eigenvalue weighted by Crippen LogP contribution is -2.45. The summed E-state index contributed by atoms with van der Waals surface area (Å²) in [4.78, 5) is 12.5. The van der Waals surface area contributed by atoms with Crippen molar-refractivity contribution in [2.24, 2.45) is 0 Å². The van der Waals surface area contributed by atoms with E-state index in [1.807, 2.05) is 0 Å². The molecule has 0 aliphatic heterocycles. The first kappa shape index (κ1) is 60.1. The molecule has 0 aliphatic carbocycles. The Bertz CT molecular complexity index is 844. The zero-order valence-corrected chi connectivity index (χ0v) is 42.0. The highest BCUT2D eigenvalue weighted by molar-refractivity contribution is 5.76.